The Morgan fingerprint density at radius 3 is 3.05 bits per heavy atom. The summed E-state index contributed by atoms with van der Waals surface area (Å²) in [6, 6.07) is 2.36. The summed E-state index contributed by atoms with van der Waals surface area (Å²) in [5, 5.41) is 7.55. The highest BCUT2D eigenvalue weighted by Crippen LogP contribution is 2.34. The normalized spacial score (nSPS) is 23.1. The van der Waals surface area contributed by atoms with Crippen LogP contribution in [0.2, 0.25) is 0 Å². The second-order valence-corrected chi connectivity index (χ2v) is 5.09. The van der Waals surface area contributed by atoms with Crippen LogP contribution in [0.3, 0.4) is 0 Å². The number of rotatable bonds is 4. The average Bonchev–Trinajstić information content (AvgIpc) is 3.08. The topological polar surface area (TPSA) is 64.1 Å². The van der Waals surface area contributed by atoms with Crippen molar-refractivity contribution < 1.29 is 8.94 Å². The lowest BCUT2D eigenvalue weighted by molar-refractivity contribution is 0.331. The molecule has 2 unspecified atom stereocenters. The maximum Gasteiger partial charge on any atom is 0.238 e. The van der Waals surface area contributed by atoms with E-state index in [0.29, 0.717) is 23.5 Å². The molecule has 0 amide bonds. The number of hydrogen-bond donors (Lipinski definition) is 1. The predicted molar refractivity (Wildman–Crippen MR) is 70.8 cm³/mol. The molecule has 19 heavy (non-hydrogen) atoms. The van der Waals surface area contributed by atoms with Gasteiger partial charge in [0.15, 0.2) is 5.76 Å². The highest BCUT2D eigenvalue weighted by atomic mass is 16.5. The monoisotopic (exact) mass is 261 g/mol. The zero-order valence-electron chi connectivity index (χ0n) is 11.3. The second-order valence-electron chi connectivity index (χ2n) is 5.09. The fraction of sp³-hybridized carbons (Fsp3) is 0.571. The van der Waals surface area contributed by atoms with Crippen molar-refractivity contribution in [2.24, 2.45) is 0 Å². The van der Waals surface area contributed by atoms with Crippen molar-refractivity contribution in [2.75, 3.05) is 6.54 Å². The van der Waals surface area contributed by atoms with Gasteiger partial charge < -0.3 is 14.3 Å². The lowest BCUT2D eigenvalue weighted by atomic mass is 10.0. The number of nitrogens with zero attached hydrogens (tertiary/aromatic N) is 2. The fourth-order valence-corrected chi connectivity index (χ4v) is 2.84. The van der Waals surface area contributed by atoms with Gasteiger partial charge in [0.1, 0.15) is 0 Å². The molecule has 0 saturated heterocycles. The lowest BCUT2D eigenvalue weighted by Crippen LogP contribution is -2.31. The van der Waals surface area contributed by atoms with Gasteiger partial charge in [0, 0.05) is 6.04 Å². The Labute approximate surface area is 112 Å². The Hall–Kier alpha value is -1.62. The number of nitrogens with one attached hydrogen (secondary N) is 1. The summed E-state index contributed by atoms with van der Waals surface area (Å²) < 4.78 is 10.8. The minimum atomic E-state index is 0.330. The van der Waals surface area contributed by atoms with E-state index >= 15 is 0 Å². The van der Waals surface area contributed by atoms with Crippen molar-refractivity contribution in [3.63, 3.8) is 0 Å². The van der Waals surface area contributed by atoms with Gasteiger partial charge in [-0.2, -0.15) is 4.98 Å². The van der Waals surface area contributed by atoms with Crippen molar-refractivity contribution in [1.29, 1.82) is 0 Å². The van der Waals surface area contributed by atoms with E-state index < -0.39 is 0 Å². The molecule has 2 heterocycles. The Morgan fingerprint density at radius 2 is 2.32 bits per heavy atom. The molecule has 0 aromatic carbocycles. The third-order valence-electron chi connectivity index (χ3n) is 3.81. The average molecular weight is 261 g/mol. The number of furan rings is 1. The van der Waals surface area contributed by atoms with Gasteiger partial charge in [-0.3, -0.25) is 0 Å². The van der Waals surface area contributed by atoms with Crippen molar-refractivity contribution in [2.45, 2.75) is 45.1 Å². The molecule has 0 radical (unpaired) electrons. The Balaban J connectivity index is 1.83. The molecule has 2 aromatic heterocycles. The van der Waals surface area contributed by atoms with E-state index in [2.05, 4.69) is 22.4 Å². The van der Waals surface area contributed by atoms with E-state index in [0.717, 1.165) is 24.4 Å². The van der Waals surface area contributed by atoms with Crippen LogP contribution in [-0.2, 0) is 0 Å². The maximum atomic E-state index is 5.44. The molecule has 102 valence electrons. The highest BCUT2D eigenvalue weighted by molar-refractivity contribution is 5.51. The summed E-state index contributed by atoms with van der Waals surface area (Å²) in [6.45, 7) is 5.08. The molecular formula is C14H19N3O2. The molecule has 0 aliphatic heterocycles. The van der Waals surface area contributed by atoms with Crippen molar-refractivity contribution in [3.8, 4) is 11.6 Å². The number of aryl methyl sites for hydroxylation is 1. The Morgan fingerprint density at radius 1 is 1.42 bits per heavy atom. The Kier molecular flexibility index (Phi) is 3.38. The van der Waals surface area contributed by atoms with E-state index in [1.165, 1.54) is 12.8 Å². The van der Waals surface area contributed by atoms with Crippen LogP contribution >= 0.6 is 0 Å². The molecule has 3 rings (SSSR count). The largest absolute Gasteiger partial charge is 0.461 e. The van der Waals surface area contributed by atoms with Crippen LogP contribution in [0.15, 0.2) is 21.3 Å². The van der Waals surface area contributed by atoms with Crippen LogP contribution in [0.5, 0.6) is 0 Å². The minimum Gasteiger partial charge on any atom is -0.461 e. The number of hydrogen-bond acceptors (Lipinski definition) is 5. The quantitative estimate of drug-likeness (QED) is 0.916. The smallest absolute Gasteiger partial charge is 0.238 e. The molecule has 1 fully saturated rings. The summed E-state index contributed by atoms with van der Waals surface area (Å²) in [6.07, 6.45) is 5.14. The molecule has 0 spiro atoms. The molecule has 5 nitrogen and oxygen atoms in total. The summed E-state index contributed by atoms with van der Waals surface area (Å²) in [4.78, 5) is 4.52. The van der Waals surface area contributed by atoms with E-state index in [9.17, 15) is 0 Å². The Bertz CT molecular complexity index is 546. The van der Waals surface area contributed by atoms with Gasteiger partial charge in [-0.15, -0.1) is 0 Å². The standard InChI is InChI=1S/C14H19N3O2/c1-3-15-11-6-4-5-10(11)14-16-13(17-19-14)12-9(2)7-8-18-12/h7-8,10-11,15H,3-6H2,1-2H3. The van der Waals surface area contributed by atoms with Crippen molar-refractivity contribution in [3.05, 3.63) is 23.8 Å². The highest BCUT2D eigenvalue weighted by Gasteiger charge is 2.32. The minimum absolute atomic E-state index is 0.330. The van der Waals surface area contributed by atoms with Crippen LogP contribution in [0.1, 0.15) is 43.6 Å². The fourth-order valence-electron chi connectivity index (χ4n) is 2.84. The van der Waals surface area contributed by atoms with Crippen LogP contribution in [0.4, 0.5) is 0 Å². The zero-order valence-corrected chi connectivity index (χ0v) is 11.3. The van der Waals surface area contributed by atoms with Crippen LogP contribution in [-0.4, -0.2) is 22.7 Å². The van der Waals surface area contributed by atoms with Gasteiger partial charge in [-0.25, -0.2) is 0 Å². The van der Waals surface area contributed by atoms with Gasteiger partial charge in [-0.1, -0.05) is 18.5 Å². The van der Waals surface area contributed by atoms with Gasteiger partial charge in [0.2, 0.25) is 11.7 Å². The molecule has 1 aliphatic rings. The van der Waals surface area contributed by atoms with Crippen LogP contribution in [0, 0.1) is 6.92 Å². The number of likely N-dealkylation sites (N-methyl/N-ethyl adjacent to an activating group) is 1. The summed E-state index contributed by atoms with van der Waals surface area (Å²) in [7, 11) is 0. The first kappa shape index (κ1) is 12.4. The van der Waals surface area contributed by atoms with Crippen molar-refractivity contribution in [1.82, 2.24) is 15.5 Å². The SMILES string of the molecule is CCNC1CCCC1c1nc(-c2occc2C)no1. The van der Waals surface area contributed by atoms with E-state index in [1.54, 1.807) is 6.26 Å². The van der Waals surface area contributed by atoms with Gasteiger partial charge in [0.05, 0.1) is 12.2 Å². The first-order valence-electron chi connectivity index (χ1n) is 6.91. The third kappa shape index (κ3) is 2.30. The summed E-state index contributed by atoms with van der Waals surface area (Å²) in [5.41, 5.74) is 1.03. The van der Waals surface area contributed by atoms with Crippen LogP contribution in [0.25, 0.3) is 11.6 Å². The zero-order chi connectivity index (χ0) is 13.2. The van der Waals surface area contributed by atoms with E-state index in [-0.39, 0.29) is 0 Å². The molecule has 1 aliphatic carbocycles. The molecule has 1 N–H and O–H groups in total. The van der Waals surface area contributed by atoms with Crippen molar-refractivity contribution >= 4 is 0 Å². The summed E-state index contributed by atoms with van der Waals surface area (Å²) in [5.74, 6) is 2.32. The second kappa shape index (κ2) is 5.17. The van der Waals surface area contributed by atoms with Crippen LogP contribution < -0.4 is 5.32 Å². The molecule has 0 bridgehead atoms. The maximum absolute atomic E-state index is 5.44. The third-order valence-corrected chi connectivity index (χ3v) is 3.81. The molecule has 2 atom stereocenters. The molecular weight excluding hydrogens is 242 g/mol. The predicted octanol–water partition coefficient (Wildman–Crippen LogP) is 2.88. The van der Waals surface area contributed by atoms with E-state index in [4.69, 9.17) is 8.94 Å². The summed E-state index contributed by atoms with van der Waals surface area (Å²) >= 11 is 0. The van der Waals surface area contributed by atoms with Gasteiger partial charge >= 0.3 is 0 Å². The lowest BCUT2D eigenvalue weighted by Gasteiger charge is -2.16. The molecule has 2 aromatic rings. The van der Waals surface area contributed by atoms with Gasteiger partial charge in [-0.05, 0) is 37.9 Å². The van der Waals surface area contributed by atoms with Gasteiger partial charge in [0.25, 0.3) is 0 Å². The molecule has 5 heteroatoms. The first-order chi connectivity index (χ1) is 9.29. The molecule has 1 saturated carbocycles. The first-order valence-corrected chi connectivity index (χ1v) is 6.91. The van der Waals surface area contributed by atoms with E-state index in [1.807, 2.05) is 13.0 Å². The number of aromatic nitrogens is 2.